The van der Waals surface area contributed by atoms with Gasteiger partial charge in [-0.2, -0.15) is 0 Å². The first-order valence-corrected chi connectivity index (χ1v) is 8.00. The van der Waals surface area contributed by atoms with E-state index in [0.717, 1.165) is 48.7 Å². The van der Waals surface area contributed by atoms with Crippen LogP contribution in [0.2, 0.25) is 0 Å². The van der Waals surface area contributed by atoms with Gasteiger partial charge in [-0.1, -0.05) is 17.6 Å². The first kappa shape index (κ1) is 14.2. The fraction of sp³-hybridized carbons (Fsp3) is 0.353. The standard InChI is InChI=1S/C17H18BN3O2/c18-12-2-3-15-13(10-12)14(22)11-17(23-15)4-8-21(9-5-17)16-19-6-1-7-20-16/h1-3,6-7,10H,4-5,8-9,11,18H2. The molecule has 1 fully saturated rings. The average molecular weight is 307 g/mol. The SMILES string of the molecule is Bc1ccc2c(c1)C(=O)CC1(CCN(c3ncccn3)CC1)O2. The van der Waals surface area contributed by atoms with Gasteiger partial charge in [-0.3, -0.25) is 4.79 Å². The van der Waals surface area contributed by atoms with E-state index in [1.807, 2.05) is 32.1 Å². The lowest BCUT2D eigenvalue weighted by Crippen LogP contribution is -2.51. The van der Waals surface area contributed by atoms with Gasteiger partial charge in [0.2, 0.25) is 5.95 Å². The topological polar surface area (TPSA) is 55.3 Å². The number of hydrogen-bond donors (Lipinski definition) is 0. The van der Waals surface area contributed by atoms with E-state index in [0.29, 0.717) is 6.42 Å². The normalized spacial score (nSPS) is 19.3. The second kappa shape index (κ2) is 5.37. The molecule has 2 aliphatic heterocycles. The zero-order valence-electron chi connectivity index (χ0n) is 13.2. The number of aromatic nitrogens is 2. The smallest absolute Gasteiger partial charge is 0.225 e. The number of Topliss-reactive ketones (excluding diaryl/α,β-unsaturated/α-hetero) is 1. The molecule has 23 heavy (non-hydrogen) atoms. The van der Waals surface area contributed by atoms with Gasteiger partial charge in [0.1, 0.15) is 19.2 Å². The van der Waals surface area contributed by atoms with E-state index < -0.39 is 0 Å². The number of benzene rings is 1. The van der Waals surface area contributed by atoms with Gasteiger partial charge in [-0.05, 0) is 12.1 Å². The molecular weight excluding hydrogens is 289 g/mol. The van der Waals surface area contributed by atoms with Crippen LogP contribution < -0.4 is 15.1 Å². The van der Waals surface area contributed by atoms with Gasteiger partial charge in [-0.25, -0.2) is 9.97 Å². The third kappa shape index (κ3) is 2.58. The van der Waals surface area contributed by atoms with E-state index in [2.05, 4.69) is 14.9 Å². The van der Waals surface area contributed by atoms with Gasteiger partial charge >= 0.3 is 0 Å². The quantitative estimate of drug-likeness (QED) is 0.727. The second-order valence-corrected chi connectivity index (χ2v) is 6.42. The number of nitrogens with zero attached hydrogens (tertiary/aromatic N) is 3. The molecule has 0 N–H and O–H groups in total. The molecule has 0 aliphatic carbocycles. The molecule has 0 atom stereocenters. The molecule has 6 heteroatoms. The summed E-state index contributed by atoms with van der Waals surface area (Å²) in [5, 5.41) is 0. The molecule has 0 amide bonds. The van der Waals surface area contributed by atoms with E-state index in [1.165, 1.54) is 0 Å². The van der Waals surface area contributed by atoms with Gasteiger partial charge < -0.3 is 9.64 Å². The minimum atomic E-state index is -0.370. The third-order valence-corrected chi connectivity index (χ3v) is 4.75. The van der Waals surface area contributed by atoms with Crippen LogP contribution >= 0.6 is 0 Å². The lowest BCUT2D eigenvalue weighted by Gasteiger charge is -2.44. The summed E-state index contributed by atoms with van der Waals surface area (Å²) in [6.45, 7) is 1.61. The minimum absolute atomic E-state index is 0.194. The summed E-state index contributed by atoms with van der Waals surface area (Å²) in [7, 11) is 2.00. The largest absolute Gasteiger partial charge is 0.486 e. The number of ether oxygens (including phenoxy) is 1. The van der Waals surface area contributed by atoms with Crippen molar-refractivity contribution in [2.45, 2.75) is 24.9 Å². The first-order valence-electron chi connectivity index (χ1n) is 8.00. The minimum Gasteiger partial charge on any atom is -0.486 e. The average Bonchev–Trinajstić information content (AvgIpc) is 2.57. The molecule has 116 valence electrons. The summed E-state index contributed by atoms with van der Waals surface area (Å²) in [4.78, 5) is 23.3. The number of piperidine rings is 1. The molecule has 0 saturated carbocycles. The molecule has 3 heterocycles. The van der Waals surface area contributed by atoms with Crippen molar-refractivity contribution in [1.82, 2.24) is 9.97 Å². The second-order valence-electron chi connectivity index (χ2n) is 6.42. The number of carbonyl (C=O) groups is 1. The van der Waals surface area contributed by atoms with Crippen molar-refractivity contribution >= 4 is 25.0 Å². The Labute approximate surface area is 136 Å². The third-order valence-electron chi connectivity index (χ3n) is 4.75. The molecule has 4 rings (SSSR count). The monoisotopic (exact) mass is 307 g/mol. The molecule has 1 aromatic carbocycles. The van der Waals surface area contributed by atoms with E-state index in [-0.39, 0.29) is 11.4 Å². The Bertz CT molecular complexity index is 743. The van der Waals surface area contributed by atoms with Crippen molar-refractivity contribution in [3.05, 3.63) is 42.2 Å². The summed E-state index contributed by atoms with van der Waals surface area (Å²) in [6.07, 6.45) is 5.60. The van der Waals surface area contributed by atoms with Crippen LogP contribution in [0.4, 0.5) is 5.95 Å². The highest BCUT2D eigenvalue weighted by atomic mass is 16.5. The Morgan fingerprint density at radius 3 is 2.65 bits per heavy atom. The van der Waals surface area contributed by atoms with Crippen molar-refractivity contribution in [3.8, 4) is 5.75 Å². The highest BCUT2D eigenvalue weighted by molar-refractivity contribution is 6.32. The van der Waals surface area contributed by atoms with Crippen LogP contribution in [0.15, 0.2) is 36.7 Å². The summed E-state index contributed by atoms with van der Waals surface area (Å²) in [5.41, 5.74) is 1.45. The number of hydrogen-bond acceptors (Lipinski definition) is 5. The highest BCUT2D eigenvalue weighted by Gasteiger charge is 2.43. The van der Waals surface area contributed by atoms with Crippen LogP contribution in [0.1, 0.15) is 29.6 Å². The molecule has 1 saturated heterocycles. The Morgan fingerprint density at radius 2 is 1.91 bits per heavy atom. The summed E-state index contributed by atoms with van der Waals surface area (Å²) in [6, 6.07) is 7.67. The molecule has 2 aromatic rings. The van der Waals surface area contributed by atoms with E-state index in [4.69, 9.17) is 4.74 Å². The maximum atomic E-state index is 12.5. The van der Waals surface area contributed by atoms with Crippen LogP contribution in [0.5, 0.6) is 5.75 Å². The van der Waals surface area contributed by atoms with Crippen molar-refractivity contribution in [1.29, 1.82) is 0 Å². The number of anilines is 1. The van der Waals surface area contributed by atoms with Crippen LogP contribution in [0, 0.1) is 0 Å². The van der Waals surface area contributed by atoms with Gasteiger partial charge in [0.05, 0.1) is 12.0 Å². The Hall–Kier alpha value is -2.37. The Morgan fingerprint density at radius 1 is 1.17 bits per heavy atom. The van der Waals surface area contributed by atoms with Crippen molar-refractivity contribution in [2.75, 3.05) is 18.0 Å². The lowest BCUT2D eigenvalue weighted by atomic mass is 9.81. The van der Waals surface area contributed by atoms with Crippen LogP contribution in [0.3, 0.4) is 0 Å². The number of ketones is 1. The van der Waals surface area contributed by atoms with E-state index in [1.54, 1.807) is 12.4 Å². The van der Waals surface area contributed by atoms with Crippen LogP contribution in [0.25, 0.3) is 0 Å². The van der Waals surface area contributed by atoms with Gasteiger partial charge in [-0.15, -0.1) is 0 Å². The van der Waals surface area contributed by atoms with Crippen molar-refractivity contribution < 1.29 is 9.53 Å². The molecule has 0 bridgehead atoms. The van der Waals surface area contributed by atoms with Gasteiger partial charge in [0.15, 0.2) is 5.78 Å². The summed E-state index contributed by atoms with van der Waals surface area (Å²) in [5.74, 6) is 1.68. The molecule has 0 unspecified atom stereocenters. The van der Waals surface area contributed by atoms with Gasteiger partial charge in [0.25, 0.3) is 0 Å². The maximum Gasteiger partial charge on any atom is 0.225 e. The predicted octanol–water partition coefficient (Wildman–Crippen LogP) is 0.739. The zero-order chi connectivity index (χ0) is 15.9. The van der Waals surface area contributed by atoms with E-state index >= 15 is 0 Å². The Balaban J connectivity index is 1.54. The fourth-order valence-electron chi connectivity index (χ4n) is 3.46. The molecule has 1 spiro atoms. The molecule has 1 aromatic heterocycles. The number of fused-ring (bicyclic) bond motifs is 1. The van der Waals surface area contributed by atoms with Crippen LogP contribution in [-0.2, 0) is 0 Å². The molecular formula is C17H18BN3O2. The highest BCUT2D eigenvalue weighted by Crippen LogP contribution is 2.39. The first-order chi connectivity index (χ1) is 11.2. The van der Waals surface area contributed by atoms with Crippen molar-refractivity contribution in [2.24, 2.45) is 0 Å². The molecule has 0 radical (unpaired) electrons. The zero-order valence-corrected chi connectivity index (χ0v) is 13.2. The van der Waals surface area contributed by atoms with Crippen molar-refractivity contribution in [3.63, 3.8) is 0 Å². The van der Waals surface area contributed by atoms with Gasteiger partial charge in [0, 0.05) is 38.3 Å². The maximum absolute atomic E-state index is 12.5. The fourth-order valence-corrected chi connectivity index (χ4v) is 3.46. The lowest BCUT2D eigenvalue weighted by molar-refractivity contribution is 0.0230. The van der Waals surface area contributed by atoms with Crippen LogP contribution in [-0.4, -0.2) is 42.3 Å². The molecule has 5 nitrogen and oxygen atoms in total. The summed E-state index contributed by atoms with van der Waals surface area (Å²) >= 11 is 0. The molecule has 2 aliphatic rings. The predicted molar refractivity (Wildman–Crippen MR) is 90.4 cm³/mol. The van der Waals surface area contributed by atoms with E-state index in [9.17, 15) is 4.79 Å². The summed E-state index contributed by atoms with van der Waals surface area (Å²) < 4.78 is 6.28. The number of carbonyl (C=O) groups excluding carboxylic acids is 1. The Kier molecular flexibility index (Phi) is 3.32. The number of rotatable bonds is 1.